The number of methoxy groups -OCH3 is 1. The van der Waals surface area contributed by atoms with Crippen LogP contribution in [0.2, 0.25) is 0 Å². The predicted octanol–water partition coefficient (Wildman–Crippen LogP) is 4.64. The molecule has 3 aliphatic heterocycles. The zero-order valence-electron chi connectivity index (χ0n) is 30.1. The zero-order valence-corrected chi connectivity index (χ0v) is 30.1. The van der Waals surface area contributed by atoms with Crippen LogP contribution in [0.4, 0.5) is 0 Å². The van der Waals surface area contributed by atoms with Crippen LogP contribution in [-0.2, 0) is 42.9 Å². The summed E-state index contributed by atoms with van der Waals surface area (Å²) in [5.74, 6) is -8.04. The molecule has 12 heteroatoms. The average Bonchev–Trinajstić information content (AvgIpc) is 3.72. The highest BCUT2D eigenvalue weighted by Crippen LogP contribution is 2.82. The largest absolute Gasteiger partial charge is 0.472 e. The Balaban J connectivity index is 1.64. The van der Waals surface area contributed by atoms with Gasteiger partial charge >= 0.3 is 23.9 Å². The highest BCUT2D eigenvalue weighted by atomic mass is 16.7. The van der Waals surface area contributed by atoms with Gasteiger partial charge in [-0.1, -0.05) is 55.4 Å². The summed E-state index contributed by atoms with van der Waals surface area (Å²) in [5.41, 5.74) is -6.90. The number of fused-ring (bicyclic) bond motifs is 2. The SMILES string of the molecule is CC[C@H](C)C(=O)O[C@H]1C(C)(C)[C@H](CC(=O)OC)[C@@]2(C)[C@H]3CC[C@]4(C)[C@@H](CC(=O)O[C@H]4c4ccoc4)[C@]34O[C@@]2(O)[C@@]1(O)[C@H]4OC(=O)[C@@H](C)CC. The van der Waals surface area contributed by atoms with Gasteiger partial charge < -0.3 is 38.3 Å². The fourth-order valence-corrected chi connectivity index (χ4v) is 10.9. The van der Waals surface area contributed by atoms with Gasteiger partial charge in [-0.15, -0.1) is 0 Å². The predicted molar refractivity (Wildman–Crippen MR) is 171 cm³/mol. The van der Waals surface area contributed by atoms with E-state index >= 15 is 0 Å². The Morgan fingerprint density at radius 1 is 0.980 bits per heavy atom. The molecule has 0 radical (unpaired) electrons. The van der Waals surface area contributed by atoms with E-state index in [1.165, 1.54) is 19.6 Å². The van der Waals surface area contributed by atoms with Crippen molar-refractivity contribution in [2.24, 2.45) is 45.8 Å². The number of cyclic esters (lactones) is 1. The maximum Gasteiger partial charge on any atom is 0.309 e. The maximum atomic E-state index is 13.9. The molecule has 13 atom stereocenters. The van der Waals surface area contributed by atoms with Crippen molar-refractivity contribution in [3.63, 3.8) is 0 Å². The van der Waals surface area contributed by atoms with Crippen LogP contribution in [0.3, 0.4) is 0 Å². The molecule has 5 fully saturated rings. The summed E-state index contributed by atoms with van der Waals surface area (Å²) in [4.78, 5) is 54.3. The minimum absolute atomic E-state index is 0.149. The summed E-state index contributed by atoms with van der Waals surface area (Å²) < 4.78 is 36.2. The van der Waals surface area contributed by atoms with Gasteiger partial charge in [0.2, 0.25) is 5.79 Å². The summed E-state index contributed by atoms with van der Waals surface area (Å²) in [7, 11) is 1.28. The van der Waals surface area contributed by atoms with Crippen molar-refractivity contribution in [3.8, 4) is 0 Å². The van der Waals surface area contributed by atoms with Gasteiger partial charge in [-0.2, -0.15) is 0 Å². The van der Waals surface area contributed by atoms with Crippen LogP contribution in [0.15, 0.2) is 23.0 Å². The molecular formula is C37H52O12. The van der Waals surface area contributed by atoms with Crippen molar-refractivity contribution in [2.75, 3.05) is 7.11 Å². The normalized spacial score (nSPS) is 44.2. The van der Waals surface area contributed by atoms with Crippen LogP contribution in [0.25, 0.3) is 0 Å². The Labute approximate surface area is 287 Å². The minimum atomic E-state index is -2.51. The minimum Gasteiger partial charge on any atom is -0.472 e. The molecule has 49 heavy (non-hydrogen) atoms. The van der Waals surface area contributed by atoms with Crippen molar-refractivity contribution in [2.45, 2.75) is 129 Å². The van der Waals surface area contributed by atoms with E-state index < -0.39 is 105 Å². The molecule has 4 heterocycles. The van der Waals surface area contributed by atoms with Crippen molar-refractivity contribution in [1.29, 1.82) is 0 Å². The fraction of sp³-hybridized carbons (Fsp3) is 0.784. The molecule has 2 saturated carbocycles. The molecule has 1 spiro atoms. The number of aliphatic hydroxyl groups is 2. The molecule has 1 aromatic rings. The Kier molecular flexibility index (Phi) is 8.44. The quantitative estimate of drug-likeness (QED) is 0.273. The molecule has 1 aromatic heterocycles. The molecule has 2 bridgehead atoms. The third kappa shape index (κ3) is 4.38. The summed E-state index contributed by atoms with van der Waals surface area (Å²) in [5, 5.41) is 26.7. The lowest BCUT2D eigenvalue weighted by atomic mass is 9.35. The van der Waals surface area contributed by atoms with Crippen molar-refractivity contribution in [1.82, 2.24) is 0 Å². The summed E-state index contributed by atoms with van der Waals surface area (Å²) in [6.07, 6.45) is 0.703. The van der Waals surface area contributed by atoms with Gasteiger partial charge in [0.05, 0.1) is 37.9 Å². The number of esters is 4. The van der Waals surface area contributed by atoms with E-state index in [2.05, 4.69) is 0 Å². The first kappa shape index (κ1) is 35.9. The van der Waals surface area contributed by atoms with Gasteiger partial charge in [-0.3, -0.25) is 19.2 Å². The highest BCUT2D eigenvalue weighted by Gasteiger charge is 2.96. The molecule has 2 N–H and O–H groups in total. The molecular weight excluding hydrogens is 636 g/mol. The smallest absolute Gasteiger partial charge is 0.309 e. The maximum absolute atomic E-state index is 13.9. The van der Waals surface area contributed by atoms with Gasteiger partial charge in [0.1, 0.15) is 17.8 Å². The van der Waals surface area contributed by atoms with Gasteiger partial charge in [0.15, 0.2) is 11.7 Å². The summed E-state index contributed by atoms with van der Waals surface area (Å²) >= 11 is 0. The van der Waals surface area contributed by atoms with Crippen molar-refractivity contribution < 1.29 is 57.5 Å². The van der Waals surface area contributed by atoms with Crippen molar-refractivity contribution in [3.05, 3.63) is 24.2 Å². The van der Waals surface area contributed by atoms with Gasteiger partial charge in [-0.05, 0) is 37.7 Å². The van der Waals surface area contributed by atoms with Gasteiger partial charge in [-0.25, -0.2) is 0 Å². The fourth-order valence-electron chi connectivity index (χ4n) is 10.9. The van der Waals surface area contributed by atoms with E-state index in [9.17, 15) is 29.4 Å². The second-order valence-corrected chi connectivity index (χ2v) is 16.4. The molecule has 0 amide bonds. The van der Waals surface area contributed by atoms with E-state index in [4.69, 9.17) is 28.1 Å². The second kappa shape index (κ2) is 11.5. The molecule has 6 rings (SSSR count). The standard InChI is InChI=1S/C37H52O12/c1-10-19(3)28(40)47-30-32(5,6)23(16-25(38)44-9)34(8)22-12-14-33(7)24(17-26(39)46-27(33)21-13-15-45-18-21)35(22)31(48-29(41)20(4)11-2)36(30,42)37(34,43)49-35/h13,15,18-20,22-24,27,30-31,42-43H,10-12,14,16-17H2,1-9H3/t19-,20-,22+,23-,24+,27-,30-,31-,33+,34+,35+,36-,37+/m0/s1. The zero-order chi connectivity index (χ0) is 36.1. The molecule has 0 unspecified atom stereocenters. The van der Waals surface area contributed by atoms with E-state index in [0.29, 0.717) is 31.2 Å². The Morgan fingerprint density at radius 3 is 2.14 bits per heavy atom. The van der Waals surface area contributed by atoms with E-state index in [1.54, 1.807) is 40.7 Å². The first-order valence-corrected chi connectivity index (χ1v) is 17.7. The van der Waals surface area contributed by atoms with E-state index in [0.717, 1.165) is 0 Å². The van der Waals surface area contributed by atoms with Crippen LogP contribution in [-0.4, -0.2) is 70.4 Å². The Bertz CT molecular complexity index is 1500. The monoisotopic (exact) mass is 688 g/mol. The number of rotatable bonds is 9. The molecule has 3 saturated heterocycles. The lowest BCUT2D eigenvalue weighted by molar-refractivity contribution is -0.386. The molecule has 272 valence electrons. The number of ether oxygens (including phenoxy) is 5. The number of carbonyl (C=O) groups is 4. The Morgan fingerprint density at radius 2 is 1.59 bits per heavy atom. The van der Waals surface area contributed by atoms with Crippen LogP contribution < -0.4 is 0 Å². The lowest BCUT2D eigenvalue weighted by Gasteiger charge is -2.70. The van der Waals surface area contributed by atoms with Gasteiger partial charge in [0.25, 0.3) is 0 Å². The first-order valence-electron chi connectivity index (χ1n) is 17.7. The Hall–Kier alpha value is -2.96. The van der Waals surface area contributed by atoms with Crippen LogP contribution in [0, 0.1) is 45.8 Å². The summed E-state index contributed by atoms with van der Waals surface area (Å²) in [6, 6.07) is 1.74. The lowest BCUT2D eigenvalue weighted by Crippen LogP contribution is -2.85. The number of carbonyl (C=O) groups excluding carboxylic acids is 4. The van der Waals surface area contributed by atoms with Crippen molar-refractivity contribution >= 4 is 23.9 Å². The number of hydrogen-bond donors (Lipinski definition) is 2. The first-order chi connectivity index (χ1) is 22.9. The number of furan rings is 1. The third-order valence-electron chi connectivity index (χ3n) is 13.8. The third-order valence-corrected chi connectivity index (χ3v) is 13.8. The van der Waals surface area contributed by atoms with Crippen LogP contribution >= 0.6 is 0 Å². The van der Waals surface area contributed by atoms with Crippen LogP contribution in [0.5, 0.6) is 0 Å². The van der Waals surface area contributed by atoms with E-state index in [-0.39, 0.29) is 12.8 Å². The molecule has 2 aliphatic carbocycles. The molecule has 0 aromatic carbocycles. The van der Waals surface area contributed by atoms with E-state index in [1.807, 2.05) is 20.8 Å². The van der Waals surface area contributed by atoms with Crippen LogP contribution in [0.1, 0.15) is 106 Å². The second-order valence-electron chi connectivity index (χ2n) is 16.4. The topological polar surface area (TPSA) is 168 Å². The molecule has 12 nitrogen and oxygen atoms in total. The van der Waals surface area contributed by atoms with Gasteiger partial charge in [0, 0.05) is 40.1 Å². The number of hydrogen-bond acceptors (Lipinski definition) is 12. The summed E-state index contributed by atoms with van der Waals surface area (Å²) in [6.45, 7) is 14.5. The highest BCUT2D eigenvalue weighted by molar-refractivity contribution is 5.75. The average molecular weight is 689 g/mol. The molecule has 5 aliphatic rings.